The Morgan fingerprint density at radius 1 is 1.21 bits per heavy atom. The molecular formula is C24H19N5O4. The van der Waals surface area contributed by atoms with Crippen molar-refractivity contribution < 1.29 is 19.1 Å². The number of benzene rings is 2. The standard InChI is InChI=1S/C24H19N5O4/c1-14-20-22(29(27-14)15-8-4-3-5-9-15)33-21(26)17(12-25)24(20)16-10-6-7-11-18(16)28(23(24)31)13-19(30)32-2/h3-11H,13,26H2,1-2H3/t24-/m0/s1. The van der Waals surface area contributed by atoms with Gasteiger partial charge in [0.05, 0.1) is 24.1 Å². The van der Waals surface area contributed by atoms with E-state index in [0.717, 1.165) is 0 Å². The summed E-state index contributed by atoms with van der Waals surface area (Å²) < 4.78 is 12.3. The molecule has 164 valence electrons. The van der Waals surface area contributed by atoms with E-state index in [1.165, 1.54) is 12.0 Å². The van der Waals surface area contributed by atoms with Crippen LogP contribution in [0.1, 0.15) is 16.8 Å². The molecule has 2 N–H and O–H groups in total. The van der Waals surface area contributed by atoms with Gasteiger partial charge in [-0.05, 0) is 25.1 Å². The fourth-order valence-corrected chi connectivity index (χ4v) is 4.67. The number of hydrogen-bond acceptors (Lipinski definition) is 7. The molecule has 0 saturated heterocycles. The first kappa shape index (κ1) is 20.3. The second-order valence-corrected chi connectivity index (χ2v) is 7.70. The maximum atomic E-state index is 14.2. The maximum absolute atomic E-state index is 14.2. The average Bonchev–Trinajstić information content (AvgIpc) is 3.28. The van der Waals surface area contributed by atoms with E-state index in [0.29, 0.717) is 28.2 Å². The summed E-state index contributed by atoms with van der Waals surface area (Å²) in [5, 5.41) is 14.8. The molecule has 1 spiro atoms. The Morgan fingerprint density at radius 3 is 2.61 bits per heavy atom. The average molecular weight is 441 g/mol. The number of carbonyl (C=O) groups excluding carboxylic acids is 2. The zero-order valence-electron chi connectivity index (χ0n) is 17.9. The predicted molar refractivity (Wildman–Crippen MR) is 117 cm³/mol. The molecule has 1 amide bonds. The lowest BCUT2D eigenvalue weighted by Crippen LogP contribution is -2.47. The SMILES string of the molecule is COC(=O)CN1C(=O)[C@]2(C(C#N)=C(N)Oc3c2c(C)nn3-c2ccccc2)c2ccccc21. The summed E-state index contributed by atoms with van der Waals surface area (Å²) in [6.45, 7) is 1.44. The molecule has 0 unspecified atom stereocenters. The summed E-state index contributed by atoms with van der Waals surface area (Å²) in [7, 11) is 1.25. The van der Waals surface area contributed by atoms with Crippen LogP contribution in [-0.4, -0.2) is 35.3 Å². The van der Waals surface area contributed by atoms with Crippen LogP contribution >= 0.6 is 0 Å². The lowest BCUT2D eigenvalue weighted by atomic mass is 9.69. The van der Waals surface area contributed by atoms with Crippen LogP contribution in [0.5, 0.6) is 5.88 Å². The van der Waals surface area contributed by atoms with Gasteiger partial charge in [0, 0.05) is 11.3 Å². The van der Waals surface area contributed by atoms with Crippen molar-refractivity contribution in [1.82, 2.24) is 9.78 Å². The summed E-state index contributed by atoms with van der Waals surface area (Å²) in [5.74, 6) is -1.02. The van der Waals surface area contributed by atoms with Crippen molar-refractivity contribution in [3.8, 4) is 17.6 Å². The first-order chi connectivity index (χ1) is 15.9. The number of hydrogen-bond donors (Lipinski definition) is 1. The van der Waals surface area contributed by atoms with Gasteiger partial charge in [-0.25, -0.2) is 4.68 Å². The number of aromatic nitrogens is 2. The maximum Gasteiger partial charge on any atom is 0.325 e. The van der Waals surface area contributed by atoms with Crippen LogP contribution < -0.4 is 15.4 Å². The Labute approximate surface area is 189 Å². The number of methoxy groups -OCH3 is 1. The van der Waals surface area contributed by atoms with Gasteiger partial charge in [0.1, 0.15) is 23.6 Å². The number of nitrogens with two attached hydrogens (primary N) is 1. The highest BCUT2D eigenvalue weighted by Gasteiger charge is 2.61. The number of para-hydroxylation sites is 2. The fourth-order valence-electron chi connectivity index (χ4n) is 4.67. The van der Waals surface area contributed by atoms with Gasteiger partial charge in [0.2, 0.25) is 17.7 Å². The summed E-state index contributed by atoms with van der Waals surface area (Å²) in [5.41, 5.74) is 7.23. The number of amides is 1. The van der Waals surface area contributed by atoms with Crippen molar-refractivity contribution in [2.75, 3.05) is 18.6 Å². The minimum atomic E-state index is -1.60. The van der Waals surface area contributed by atoms with Crippen molar-refractivity contribution in [3.63, 3.8) is 0 Å². The molecule has 5 rings (SSSR count). The molecule has 2 aliphatic heterocycles. The third-order valence-corrected chi connectivity index (χ3v) is 6.01. The minimum absolute atomic E-state index is 0.0458. The van der Waals surface area contributed by atoms with E-state index in [4.69, 9.17) is 15.2 Å². The van der Waals surface area contributed by atoms with Crippen molar-refractivity contribution in [2.24, 2.45) is 5.73 Å². The monoisotopic (exact) mass is 441 g/mol. The lowest BCUT2D eigenvalue weighted by molar-refractivity contribution is -0.140. The normalized spacial score (nSPS) is 18.6. The number of esters is 1. The Bertz CT molecular complexity index is 1390. The minimum Gasteiger partial charge on any atom is -0.468 e. The molecule has 0 saturated carbocycles. The first-order valence-corrected chi connectivity index (χ1v) is 10.2. The molecule has 9 heteroatoms. The molecule has 2 aliphatic rings. The molecule has 0 fully saturated rings. The van der Waals surface area contributed by atoms with Crippen molar-refractivity contribution >= 4 is 17.6 Å². The Kier molecular flexibility index (Phi) is 4.46. The van der Waals surface area contributed by atoms with Gasteiger partial charge in [0.15, 0.2) is 0 Å². The zero-order chi connectivity index (χ0) is 23.3. The smallest absolute Gasteiger partial charge is 0.325 e. The van der Waals surface area contributed by atoms with E-state index < -0.39 is 17.3 Å². The molecule has 9 nitrogen and oxygen atoms in total. The van der Waals surface area contributed by atoms with E-state index >= 15 is 0 Å². The number of nitriles is 1. The Balaban J connectivity index is 1.85. The molecule has 0 radical (unpaired) electrons. The quantitative estimate of drug-likeness (QED) is 0.617. The van der Waals surface area contributed by atoms with Crippen LogP contribution in [0.3, 0.4) is 0 Å². The second-order valence-electron chi connectivity index (χ2n) is 7.70. The van der Waals surface area contributed by atoms with Gasteiger partial charge in [-0.2, -0.15) is 10.4 Å². The van der Waals surface area contributed by atoms with Gasteiger partial charge in [0.25, 0.3) is 0 Å². The Hall–Kier alpha value is -4.58. The molecule has 1 aromatic heterocycles. The van der Waals surface area contributed by atoms with Gasteiger partial charge in [-0.15, -0.1) is 0 Å². The molecule has 2 aromatic carbocycles. The molecule has 3 heterocycles. The van der Waals surface area contributed by atoms with E-state index in [1.54, 1.807) is 35.9 Å². The van der Waals surface area contributed by atoms with Gasteiger partial charge in [-0.3, -0.25) is 14.5 Å². The second kappa shape index (κ2) is 7.24. The van der Waals surface area contributed by atoms with Crippen LogP contribution in [0.2, 0.25) is 0 Å². The highest BCUT2D eigenvalue weighted by Crippen LogP contribution is 2.56. The zero-order valence-corrected chi connectivity index (χ0v) is 17.9. The third kappa shape index (κ3) is 2.61. The summed E-state index contributed by atoms with van der Waals surface area (Å²) in [6, 6.07) is 18.4. The first-order valence-electron chi connectivity index (χ1n) is 10.2. The van der Waals surface area contributed by atoms with Crippen LogP contribution in [0.15, 0.2) is 66.1 Å². The predicted octanol–water partition coefficient (Wildman–Crippen LogP) is 2.07. The number of fused-ring (bicyclic) bond motifs is 4. The molecular weight excluding hydrogens is 422 g/mol. The van der Waals surface area contributed by atoms with Crippen LogP contribution in [0, 0.1) is 18.3 Å². The Morgan fingerprint density at radius 2 is 1.91 bits per heavy atom. The van der Waals surface area contributed by atoms with Crippen LogP contribution in [0.4, 0.5) is 5.69 Å². The number of nitrogens with zero attached hydrogens (tertiary/aromatic N) is 4. The van der Waals surface area contributed by atoms with E-state index in [2.05, 4.69) is 11.2 Å². The van der Waals surface area contributed by atoms with Gasteiger partial charge in [-0.1, -0.05) is 36.4 Å². The van der Waals surface area contributed by atoms with Crippen molar-refractivity contribution in [3.05, 3.63) is 82.9 Å². The molecule has 1 atom stereocenters. The van der Waals surface area contributed by atoms with Crippen molar-refractivity contribution in [1.29, 1.82) is 5.26 Å². The number of aryl methyl sites for hydroxylation is 1. The number of rotatable bonds is 3. The number of ether oxygens (including phenoxy) is 2. The highest BCUT2D eigenvalue weighted by atomic mass is 16.5. The van der Waals surface area contributed by atoms with Gasteiger partial charge < -0.3 is 15.2 Å². The highest BCUT2D eigenvalue weighted by molar-refractivity contribution is 6.15. The largest absolute Gasteiger partial charge is 0.468 e. The van der Waals surface area contributed by atoms with Gasteiger partial charge >= 0.3 is 5.97 Å². The summed E-state index contributed by atoms with van der Waals surface area (Å²) in [4.78, 5) is 27.6. The molecule has 3 aromatic rings. The molecule has 0 bridgehead atoms. The van der Waals surface area contributed by atoms with E-state index in [9.17, 15) is 14.9 Å². The summed E-state index contributed by atoms with van der Waals surface area (Å²) >= 11 is 0. The topological polar surface area (TPSA) is 123 Å². The van der Waals surface area contributed by atoms with E-state index in [-0.39, 0.29) is 23.9 Å². The third-order valence-electron chi connectivity index (χ3n) is 6.01. The molecule has 33 heavy (non-hydrogen) atoms. The lowest BCUT2D eigenvalue weighted by Gasteiger charge is -2.33. The van der Waals surface area contributed by atoms with Crippen molar-refractivity contribution in [2.45, 2.75) is 12.3 Å². The van der Waals surface area contributed by atoms with E-state index in [1.807, 2.05) is 30.3 Å². The van der Waals surface area contributed by atoms with Crippen LogP contribution in [0.25, 0.3) is 5.69 Å². The number of anilines is 1. The molecule has 0 aliphatic carbocycles. The number of carbonyl (C=O) groups is 2. The fraction of sp³-hybridized carbons (Fsp3) is 0.167. The van der Waals surface area contributed by atoms with Crippen LogP contribution in [-0.2, 0) is 19.7 Å². The summed E-state index contributed by atoms with van der Waals surface area (Å²) in [6.07, 6.45) is 0.